The summed E-state index contributed by atoms with van der Waals surface area (Å²) in [5.41, 5.74) is 3.03. The zero-order valence-electron chi connectivity index (χ0n) is 10.1. The van der Waals surface area contributed by atoms with E-state index in [9.17, 15) is 9.18 Å². The maximum atomic E-state index is 13.3. The summed E-state index contributed by atoms with van der Waals surface area (Å²) in [6.07, 6.45) is 0. The van der Waals surface area contributed by atoms with E-state index in [2.05, 4.69) is 0 Å². The van der Waals surface area contributed by atoms with Gasteiger partial charge in [0.25, 0.3) is 0 Å². The summed E-state index contributed by atoms with van der Waals surface area (Å²) in [6, 6.07) is 9.76. The molecule has 92 valence electrons. The monoisotopic (exact) mass is 262 g/mol. The maximum Gasteiger partial charge on any atom is 0.161 e. The average Bonchev–Trinajstić information content (AvgIpc) is 2.31. The Morgan fingerprint density at radius 1 is 1.17 bits per heavy atom. The van der Waals surface area contributed by atoms with Gasteiger partial charge in [-0.15, -0.1) is 0 Å². The molecule has 18 heavy (non-hydrogen) atoms. The second-order valence-electron chi connectivity index (χ2n) is 4.21. The van der Waals surface area contributed by atoms with Crippen LogP contribution in [-0.2, 0) is 0 Å². The van der Waals surface area contributed by atoms with Gasteiger partial charge in [-0.3, -0.25) is 4.79 Å². The highest BCUT2D eigenvalue weighted by Gasteiger charge is 2.09. The van der Waals surface area contributed by atoms with Crippen molar-refractivity contribution < 1.29 is 9.18 Å². The van der Waals surface area contributed by atoms with Crippen LogP contribution in [0.4, 0.5) is 4.39 Å². The smallest absolute Gasteiger partial charge is 0.161 e. The molecular weight excluding hydrogens is 251 g/mol. The molecule has 2 aromatic carbocycles. The van der Waals surface area contributed by atoms with E-state index in [0.29, 0.717) is 10.6 Å². The number of rotatable bonds is 2. The summed E-state index contributed by atoms with van der Waals surface area (Å²) in [4.78, 5) is 11.3. The third-order valence-electron chi connectivity index (χ3n) is 2.86. The third-order valence-corrected chi connectivity index (χ3v) is 3.17. The number of carbonyl (C=O) groups excluding carboxylic acids is 1. The lowest BCUT2D eigenvalue weighted by Crippen LogP contribution is -1.94. The van der Waals surface area contributed by atoms with Crippen LogP contribution in [0.3, 0.4) is 0 Å². The van der Waals surface area contributed by atoms with Gasteiger partial charge in [-0.1, -0.05) is 23.7 Å². The zero-order chi connectivity index (χ0) is 13.3. The van der Waals surface area contributed by atoms with E-state index in [4.69, 9.17) is 11.6 Å². The normalized spacial score (nSPS) is 10.4. The summed E-state index contributed by atoms with van der Waals surface area (Å²) in [5, 5.41) is 0.392. The number of benzene rings is 2. The Kier molecular flexibility index (Phi) is 3.48. The van der Waals surface area contributed by atoms with E-state index in [1.807, 2.05) is 6.92 Å². The Morgan fingerprint density at radius 3 is 2.50 bits per heavy atom. The van der Waals surface area contributed by atoms with Crippen LogP contribution in [0.15, 0.2) is 36.4 Å². The molecular formula is C15H12ClFO. The van der Waals surface area contributed by atoms with Crippen molar-refractivity contribution in [3.8, 4) is 11.1 Å². The Morgan fingerprint density at radius 2 is 1.89 bits per heavy atom. The molecule has 0 aromatic heterocycles. The van der Waals surface area contributed by atoms with Gasteiger partial charge in [-0.25, -0.2) is 4.39 Å². The van der Waals surface area contributed by atoms with E-state index in [1.165, 1.54) is 19.1 Å². The van der Waals surface area contributed by atoms with Gasteiger partial charge in [-0.05, 0) is 54.8 Å². The first-order chi connectivity index (χ1) is 8.49. The molecule has 0 aliphatic carbocycles. The van der Waals surface area contributed by atoms with Crippen molar-refractivity contribution in [3.05, 3.63) is 58.4 Å². The van der Waals surface area contributed by atoms with Crippen LogP contribution in [0.1, 0.15) is 22.8 Å². The number of halogens is 2. The van der Waals surface area contributed by atoms with Crippen molar-refractivity contribution in [1.29, 1.82) is 0 Å². The fourth-order valence-electron chi connectivity index (χ4n) is 1.87. The number of aryl methyl sites for hydroxylation is 1. The van der Waals surface area contributed by atoms with Gasteiger partial charge in [0.15, 0.2) is 5.78 Å². The molecule has 0 radical (unpaired) electrons. The van der Waals surface area contributed by atoms with E-state index in [1.54, 1.807) is 24.3 Å². The number of hydrogen-bond donors (Lipinski definition) is 0. The Labute approximate surface area is 110 Å². The minimum atomic E-state index is -0.289. The molecule has 0 aliphatic rings. The lowest BCUT2D eigenvalue weighted by molar-refractivity contribution is 0.101. The highest BCUT2D eigenvalue weighted by molar-refractivity contribution is 6.34. The van der Waals surface area contributed by atoms with Crippen LogP contribution in [0.2, 0.25) is 5.02 Å². The van der Waals surface area contributed by atoms with Crippen molar-refractivity contribution in [3.63, 3.8) is 0 Å². The van der Waals surface area contributed by atoms with Gasteiger partial charge >= 0.3 is 0 Å². The molecule has 0 amide bonds. The topological polar surface area (TPSA) is 17.1 Å². The molecule has 0 saturated carbocycles. The molecule has 3 heteroatoms. The summed E-state index contributed by atoms with van der Waals surface area (Å²) < 4.78 is 13.3. The fourth-order valence-corrected chi connectivity index (χ4v) is 2.19. The quantitative estimate of drug-likeness (QED) is 0.720. The minimum Gasteiger partial charge on any atom is -0.294 e. The predicted octanol–water partition coefficient (Wildman–Crippen LogP) is 4.66. The molecule has 0 atom stereocenters. The van der Waals surface area contributed by atoms with Crippen LogP contribution in [0, 0.1) is 12.7 Å². The maximum absolute atomic E-state index is 13.3. The molecule has 0 heterocycles. The average molecular weight is 263 g/mol. The van der Waals surface area contributed by atoms with E-state index < -0.39 is 0 Å². The summed E-state index contributed by atoms with van der Waals surface area (Å²) >= 11 is 6.05. The van der Waals surface area contributed by atoms with Gasteiger partial charge in [-0.2, -0.15) is 0 Å². The van der Waals surface area contributed by atoms with Crippen LogP contribution in [-0.4, -0.2) is 5.78 Å². The fraction of sp³-hybridized carbons (Fsp3) is 0.133. The predicted molar refractivity (Wildman–Crippen MR) is 71.6 cm³/mol. The highest BCUT2D eigenvalue weighted by Crippen LogP contribution is 2.28. The van der Waals surface area contributed by atoms with Crippen LogP contribution >= 0.6 is 11.6 Å². The second kappa shape index (κ2) is 4.91. The molecule has 0 saturated heterocycles. The Bertz CT molecular complexity index is 620. The van der Waals surface area contributed by atoms with Gasteiger partial charge in [0, 0.05) is 5.56 Å². The Hall–Kier alpha value is -1.67. The third kappa shape index (κ3) is 2.44. The van der Waals surface area contributed by atoms with E-state index in [-0.39, 0.29) is 11.6 Å². The number of hydrogen-bond acceptors (Lipinski definition) is 1. The molecule has 2 rings (SSSR count). The second-order valence-corrected chi connectivity index (χ2v) is 4.62. The molecule has 0 N–H and O–H groups in total. The lowest BCUT2D eigenvalue weighted by Gasteiger charge is -2.08. The molecule has 0 spiro atoms. The first kappa shape index (κ1) is 12.8. The van der Waals surface area contributed by atoms with Crippen molar-refractivity contribution in [2.75, 3.05) is 0 Å². The van der Waals surface area contributed by atoms with Gasteiger partial charge in [0.1, 0.15) is 5.82 Å². The summed E-state index contributed by atoms with van der Waals surface area (Å²) in [6.45, 7) is 3.37. The number of ketones is 1. The van der Waals surface area contributed by atoms with Crippen LogP contribution in [0.25, 0.3) is 11.1 Å². The van der Waals surface area contributed by atoms with Crippen molar-refractivity contribution in [1.82, 2.24) is 0 Å². The SMILES string of the molecule is CC(=O)c1ccc(-c2cc(F)ccc2C)cc1Cl. The molecule has 0 unspecified atom stereocenters. The van der Waals surface area contributed by atoms with Gasteiger partial charge in [0.05, 0.1) is 5.02 Å². The van der Waals surface area contributed by atoms with Crippen molar-refractivity contribution in [2.24, 2.45) is 0 Å². The number of Topliss-reactive ketones (excluding diaryl/α,β-unsaturated/α-hetero) is 1. The van der Waals surface area contributed by atoms with Crippen molar-refractivity contribution >= 4 is 17.4 Å². The van der Waals surface area contributed by atoms with E-state index >= 15 is 0 Å². The van der Waals surface area contributed by atoms with E-state index in [0.717, 1.165) is 16.7 Å². The zero-order valence-corrected chi connectivity index (χ0v) is 10.9. The minimum absolute atomic E-state index is 0.0810. The first-order valence-corrected chi connectivity index (χ1v) is 5.94. The lowest BCUT2D eigenvalue weighted by atomic mass is 9.98. The molecule has 2 aromatic rings. The Balaban J connectivity index is 2.55. The largest absolute Gasteiger partial charge is 0.294 e. The van der Waals surface area contributed by atoms with Gasteiger partial charge < -0.3 is 0 Å². The molecule has 1 nitrogen and oxygen atoms in total. The standard InChI is InChI=1S/C15H12ClFO/c1-9-3-5-12(17)8-14(9)11-4-6-13(10(2)18)15(16)7-11/h3-8H,1-2H3. The van der Waals surface area contributed by atoms with Crippen molar-refractivity contribution in [2.45, 2.75) is 13.8 Å². The highest BCUT2D eigenvalue weighted by atomic mass is 35.5. The van der Waals surface area contributed by atoms with Crippen LogP contribution in [0.5, 0.6) is 0 Å². The first-order valence-electron chi connectivity index (χ1n) is 5.56. The number of carbonyl (C=O) groups is 1. The van der Waals surface area contributed by atoms with Gasteiger partial charge in [0.2, 0.25) is 0 Å². The summed E-state index contributed by atoms with van der Waals surface area (Å²) in [5.74, 6) is -0.370. The molecule has 0 aliphatic heterocycles. The van der Waals surface area contributed by atoms with Crippen LogP contribution < -0.4 is 0 Å². The summed E-state index contributed by atoms with van der Waals surface area (Å²) in [7, 11) is 0. The molecule has 0 fully saturated rings. The molecule has 0 bridgehead atoms.